The zero-order valence-electron chi connectivity index (χ0n) is 18.0. The number of rotatable bonds is 7. The fourth-order valence-corrected chi connectivity index (χ4v) is 3.86. The molecule has 1 N–H and O–H groups in total. The standard InChI is InChI=1S/C25H28N2O5/c28-24(26-21-10-12-27(13-11-21)17-20-4-2-1-3-5-20)18-32-25(29)9-7-19-6-8-22-23(16-19)31-15-14-30-22/h1-9,16,21H,10-15,17-18H2,(H,26,28)/b9-7+. The Hall–Kier alpha value is -3.32. The van der Waals surface area contributed by atoms with Crippen molar-refractivity contribution in [3.8, 4) is 11.5 Å². The number of carbonyl (C=O) groups excluding carboxylic acids is 2. The summed E-state index contributed by atoms with van der Waals surface area (Å²) in [5.41, 5.74) is 2.09. The SMILES string of the molecule is O=C(COC(=O)/C=C/c1ccc2c(c1)OCCO2)NC1CCN(Cc2ccccc2)CC1. The lowest BCUT2D eigenvalue weighted by Crippen LogP contribution is -2.45. The second-order valence-corrected chi connectivity index (χ2v) is 7.95. The van der Waals surface area contributed by atoms with Gasteiger partial charge in [-0.1, -0.05) is 36.4 Å². The van der Waals surface area contributed by atoms with Crippen LogP contribution in [0.4, 0.5) is 0 Å². The second kappa shape index (κ2) is 10.8. The smallest absolute Gasteiger partial charge is 0.331 e. The van der Waals surface area contributed by atoms with Crippen LogP contribution < -0.4 is 14.8 Å². The number of amides is 1. The molecule has 1 amide bonds. The van der Waals surface area contributed by atoms with Gasteiger partial charge in [0.25, 0.3) is 5.91 Å². The minimum atomic E-state index is -0.562. The zero-order valence-corrected chi connectivity index (χ0v) is 18.0. The first-order valence-electron chi connectivity index (χ1n) is 11.0. The number of piperidine rings is 1. The van der Waals surface area contributed by atoms with Crippen LogP contribution >= 0.6 is 0 Å². The largest absolute Gasteiger partial charge is 0.486 e. The number of nitrogens with zero attached hydrogens (tertiary/aromatic N) is 1. The highest BCUT2D eigenvalue weighted by Crippen LogP contribution is 2.31. The fourth-order valence-electron chi connectivity index (χ4n) is 3.86. The highest BCUT2D eigenvalue weighted by Gasteiger charge is 2.21. The molecule has 4 rings (SSSR count). The maximum Gasteiger partial charge on any atom is 0.331 e. The topological polar surface area (TPSA) is 77.1 Å². The van der Waals surface area contributed by atoms with Crippen molar-refractivity contribution in [2.45, 2.75) is 25.4 Å². The van der Waals surface area contributed by atoms with Crippen LogP contribution in [0, 0.1) is 0 Å². The average molecular weight is 437 g/mol. The van der Waals surface area contributed by atoms with Crippen molar-refractivity contribution < 1.29 is 23.8 Å². The Morgan fingerprint density at radius 1 is 1.03 bits per heavy atom. The summed E-state index contributed by atoms with van der Waals surface area (Å²) in [6.45, 7) is 3.53. The molecule has 0 aliphatic carbocycles. The normalized spacial score (nSPS) is 16.6. The fraction of sp³-hybridized carbons (Fsp3) is 0.360. The van der Waals surface area contributed by atoms with Gasteiger partial charge < -0.3 is 19.5 Å². The third-order valence-electron chi connectivity index (χ3n) is 5.53. The first-order valence-corrected chi connectivity index (χ1v) is 11.0. The molecule has 32 heavy (non-hydrogen) atoms. The van der Waals surface area contributed by atoms with Crippen LogP contribution in [0.15, 0.2) is 54.6 Å². The third-order valence-corrected chi connectivity index (χ3v) is 5.53. The molecule has 1 fully saturated rings. The maximum absolute atomic E-state index is 12.2. The molecule has 2 aromatic rings. The van der Waals surface area contributed by atoms with Crippen molar-refractivity contribution in [3.05, 3.63) is 65.7 Å². The Morgan fingerprint density at radius 3 is 2.56 bits per heavy atom. The highest BCUT2D eigenvalue weighted by molar-refractivity contribution is 5.89. The van der Waals surface area contributed by atoms with E-state index in [4.69, 9.17) is 14.2 Å². The molecule has 2 aliphatic rings. The molecule has 2 aromatic carbocycles. The molecule has 7 nitrogen and oxygen atoms in total. The molecule has 1 saturated heterocycles. The van der Waals surface area contributed by atoms with E-state index >= 15 is 0 Å². The summed E-state index contributed by atoms with van der Waals surface area (Å²) in [5.74, 6) is 0.514. The number of ether oxygens (including phenoxy) is 3. The molecular formula is C25H28N2O5. The molecule has 2 aliphatic heterocycles. The molecule has 0 radical (unpaired) electrons. The molecule has 0 aromatic heterocycles. The van der Waals surface area contributed by atoms with Gasteiger partial charge in [-0.2, -0.15) is 0 Å². The summed E-state index contributed by atoms with van der Waals surface area (Å²) in [6, 6.07) is 15.9. The van der Waals surface area contributed by atoms with Gasteiger partial charge in [-0.05, 0) is 42.2 Å². The van der Waals surface area contributed by atoms with Gasteiger partial charge in [0, 0.05) is 31.8 Å². The van der Waals surface area contributed by atoms with E-state index in [9.17, 15) is 9.59 Å². The van der Waals surface area contributed by atoms with Gasteiger partial charge in [0.1, 0.15) is 13.2 Å². The van der Waals surface area contributed by atoms with Crippen molar-refractivity contribution in [2.75, 3.05) is 32.9 Å². The number of hydrogen-bond donors (Lipinski definition) is 1. The number of benzene rings is 2. The van der Waals surface area contributed by atoms with Gasteiger partial charge in [-0.3, -0.25) is 9.69 Å². The van der Waals surface area contributed by atoms with E-state index in [1.54, 1.807) is 18.2 Å². The lowest BCUT2D eigenvalue weighted by molar-refractivity contribution is -0.144. The summed E-state index contributed by atoms with van der Waals surface area (Å²) in [6.07, 6.45) is 4.70. The van der Waals surface area contributed by atoms with Gasteiger partial charge in [0.2, 0.25) is 0 Å². The second-order valence-electron chi connectivity index (χ2n) is 7.95. The molecule has 7 heteroatoms. The maximum atomic E-state index is 12.2. The van der Waals surface area contributed by atoms with E-state index < -0.39 is 5.97 Å². The molecule has 0 spiro atoms. The zero-order chi connectivity index (χ0) is 22.2. The van der Waals surface area contributed by atoms with E-state index in [2.05, 4.69) is 34.5 Å². The van der Waals surface area contributed by atoms with Crippen LogP contribution in [0.2, 0.25) is 0 Å². The summed E-state index contributed by atoms with van der Waals surface area (Å²) in [7, 11) is 0. The van der Waals surface area contributed by atoms with Crippen LogP contribution in [-0.4, -0.2) is 55.7 Å². The van der Waals surface area contributed by atoms with Gasteiger partial charge in [0.05, 0.1) is 0 Å². The Labute approximate surface area is 188 Å². The Bertz CT molecular complexity index is 952. The Morgan fingerprint density at radius 2 is 1.78 bits per heavy atom. The number of esters is 1. The predicted molar refractivity (Wildman–Crippen MR) is 120 cm³/mol. The molecule has 0 bridgehead atoms. The number of fused-ring (bicyclic) bond motifs is 1. The van der Waals surface area contributed by atoms with Crippen molar-refractivity contribution in [1.29, 1.82) is 0 Å². The lowest BCUT2D eigenvalue weighted by atomic mass is 10.0. The number of hydrogen-bond acceptors (Lipinski definition) is 6. The van der Waals surface area contributed by atoms with Gasteiger partial charge >= 0.3 is 5.97 Å². The van der Waals surface area contributed by atoms with E-state index in [0.29, 0.717) is 24.7 Å². The predicted octanol–water partition coefficient (Wildman–Crippen LogP) is 2.80. The Balaban J connectivity index is 1.15. The number of nitrogens with one attached hydrogen (secondary N) is 1. The quantitative estimate of drug-likeness (QED) is 0.531. The van der Waals surface area contributed by atoms with Gasteiger partial charge in [-0.25, -0.2) is 4.79 Å². The van der Waals surface area contributed by atoms with Crippen LogP contribution in [0.5, 0.6) is 11.5 Å². The van der Waals surface area contributed by atoms with Gasteiger partial charge in [0.15, 0.2) is 18.1 Å². The summed E-state index contributed by atoms with van der Waals surface area (Å²) in [5, 5.41) is 2.97. The van der Waals surface area contributed by atoms with E-state index in [1.165, 1.54) is 11.6 Å². The minimum Gasteiger partial charge on any atom is -0.486 e. The lowest BCUT2D eigenvalue weighted by Gasteiger charge is -2.32. The van der Waals surface area contributed by atoms with Crippen LogP contribution in [-0.2, 0) is 20.9 Å². The number of carbonyl (C=O) groups is 2. The van der Waals surface area contributed by atoms with E-state index in [1.807, 2.05) is 12.1 Å². The van der Waals surface area contributed by atoms with E-state index in [0.717, 1.165) is 38.0 Å². The number of likely N-dealkylation sites (tertiary alicyclic amines) is 1. The summed E-state index contributed by atoms with van der Waals surface area (Å²) in [4.78, 5) is 26.5. The van der Waals surface area contributed by atoms with Crippen LogP contribution in [0.1, 0.15) is 24.0 Å². The van der Waals surface area contributed by atoms with Crippen LogP contribution in [0.3, 0.4) is 0 Å². The summed E-state index contributed by atoms with van der Waals surface area (Å²) >= 11 is 0. The Kier molecular flexibility index (Phi) is 7.40. The van der Waals surface area contributed by atoms with Gasteiger partial charge in [-0.15, -0.1) is 0 Å². The van der Waals surface area contributed by atoms with Crippen molar-refractivity contribution in [2.24, 2.45) is 0 Å². The van der Waals surface area contributed by atoms with Crippen molar-refractivity contribution in [1.82, 2.24) is 10.2 Å². The highest BCUT2D eigenvalue weighted by atomic mass is 16.6. The molecule has 0 atom stereocenters. The first kappa shape index (κ1) is 21.9. The molecular weight excluding hydrogens is 408 g/mol. The van der Waals surface area contributed by atoms with Crippen molar-refractivity contribution >= 4 is 18.0 Å². The first-order chi connectivity index (χ1) is 15.7. The average Bonchev–Trinajstić information content (AvgIpc) is 2.83. The third kappa shape index (κ3) is 6.34. The van der Waals surface area contributed by atoms with E-state index in [-0.39, 0.29) is 18.6 Å². The summed E-state index contributed by atoms with van der Waals surface area (Å²) < 4.78 is 16.1. The molecule has 0 saturated carbocycles. The molecule has 0 unspecified atom stereocenters. The van der Waals surface area contributed by atoms with Crippen LogP contribution in [0.25, 0.3) is 6.08 Å². The molecule has 168 valence electrons. The molecule has 2 heterocycles. The monoisotopic (exact) mass is 436 g/mol. The minimum absolute atomic E-state index is 0.112. The van der Waals surface area contributed by atoms with Crippen molar-refractivity contribution in [3.63, 3.8) is 0 Å².